The van der Waals surface area contributed by atoms with E-state index in [2.05, 4.69) is 21.2 Å². The first-order valence-electron chi connectivity index (χ1n) is 6.26. The zero-order valence-electron chi connectivity index (χ0n) is 11.1. The molecule has 1 N–H and O–H groups in total. The molecule has 0 radical (unpaired) electrons. The van der Waals surface area contributed by atoms with Gasteiger partial charge in [-0.25, -0.2) is 8.78 Å². The average Bonchev–Trinajstić information content (AvgIpc) is 2.43. The lowest BCUT2D eigenvalue weighted by atomic mass is 9.98. The quantitative estimate of drug-likeness (QED) is 0.652. The number of nitrogens with one attached hydrogen (secondary N) is 1. The largest absolute Gasteiger partial charge is 0.306 e. The van der Waals surface area contributed by atoms with Gasteiger partial charge in [-0.15, -0.1) is 0 Å². The first kappa shape index (κ1) is 16.7. The van der Waals surface area contributed by atoms with Crippen LogP contribution in [0.5, 0.6) is 0 Å². The Morgan fingerprint density at radius 2 is 1.67 bits per heavy atom. The molecule has 0 fully saturated rings. The zero-order chi connectivity index (χ0) is 15.6. The molecule has 1 unspecified atom stereocenters. The molecule has 2 aromatic carbocycles. The van der Waals surface area contributed by atoms with Crippen molar-refractivity contribution in [1.82, 2.24) is 5.32 Å². The molecule has 1 atom stereocenters. The van der Waals surface area contributed by atoms with Gasteiger partial charge in [-0.3, -0.25) is 0 Å². The van der Waals surface area contributed by atoms with E-state index in [9.17, 15) is 8.78 Å². The molecule has 1 nitrogen and oxygen atoms in total. The highest BCUT2D eigenvalue weighted by molar-refractivity contribution is 9.10. The summed E-state index contributed by atoms with van der Waals surface area (Å²) in [4.78, 5) is 0. The lowest BCUT2D eigenvalue weighted by Crippen LogP contribution is -2.23. The maximum absolute atomic E-state index is 13.6. The standard InChI is InChI=1S/C15H12BrCl2F2N/c1-2-21-15(9-5-8(16)3-4-11(9)17)10-6-13(19)14(20)7-12(10)18/h3-7,15,21H,2H2,1H3. The van der Waals surface area contributed by atoms with Gasteiger partial charge in [-0.05, 0) is 48.0 Å². The van der Waals surface area contributed by atoms with Crippen LogP contribution in [0.1, 0.15) is 24.1 Å². The molecule has 112 valence electrons. The summed E-state index contributed by atoms with van der Waals surface area (Å²) in [5.74, 6) is -1.91. The van der Waals surface area contributed by atoms with E-state index in [1.165, 1.54) is 0 Å². The summed E-state index contributed by atoms with van der Waals surface area (Å²) in [5, 5.41) is 3.86. The van der Waals surface area contributed by atoms with E-state index in [1.54, 1.807) is 6.07 Å². The van der Waals surface area contributed by atoms with E-state index >= 15 is 0 Å². The molecule has 0 saturated carbocycles. The third kappa shape index (κ3) is 3.75. The first-order valence-corrected chi connectivity index (χ1v) is 7.81. The highest BCUT2D eigenvalue weighted by Crippen LogP contribution is 2.35. The number of hydrogen-bond donors (Lipinski definition) is 1. The second kappa shape index (κ2) is 7.05. The van der Waals surface area contributed by atoms with Crippen molar-refractivity contribution in [2.75, 3.05) is 6.54 Å². The van der Waals surface area contributed by atoms with Gasteiger partial charge in [0.05, 0.1) is 6.04 Å². The van der Waals surface area contributed by atoms with Gasteiger partial charge in [0.15, 0.2) is 11.6 Å². The summed E-state index contributed by atoms with van der Waals surface area (Å²) in [6, 6.07) is 7.02. The van der Waals surface area contributed by atoms with Gasteiger partial charge in [0.2, 0.25) is 0 Å². The van der Waals surface area contributed by atoms with Crippen LogP contribution < -0.4 is 5.32 Å². The molecule has 0 saturated heterocycles. The number of benzene rings is 2. The van der Waals surface area contributed by atoms with Crippen LogP contribution in [0.15, 0.2) is 34.8 Å². The molecule has 0 aliphatic heterocycles. The molecule has 0 bridgehead atoms. The fraction of sp³-hybridized carbons (Fsp3) is 0.200. The van der Waals surface area contributed by atoms with Crippen LogP contribution in [0.2, 0.25) is 10.0 Å². The van der Waals surface area contributed by atoms with Crippen molar-refractivity contribution < 1.29 is 8.78 Å². The molecule has 21 heavy (non-hydrogen) atoms. The van der Waals surface area contributed by atoms with Crippen molar-refractivity contribution in [3.8, 4) is 0 Å². The van der Waals surface area contributed by atoms with Crippen molar-refractivity contribution in [2.45, 2.75) is 13.0 Å². The monoisotopic (exact) mass is 393 g/mol. The summed E-state index contributed by atoms with van der Waals surface area (Å²) in [6.45, 7) is 2.52. The molecule has 0 aromatic heterocycles. The Kier molecular flexibility index (Phi) is 5.60. The van der Waals surface area contributed by atoms with Crippen molar-refractivity contribution in [2.24, 2.45) is 0 Å². The predicted octanol–water partition coefficient (Wildman–Crippen LogP) is 5.73. The highest BCUT2D eigenvalue weighted by atomic mass is 79.9. The van der Waals surface area contributed by atoms with E-state index in [1.807, 2.05) is 19.1 Å². The van der Waals surface area contributed by atoms with Crippen molar-refractivity contribution in [3.63, 3.8) is 0 Å². The minimum absolute atomic E-state index is 0.149. The Hall–Kier alpha value is -0.680. The van der Waals surface area contributed by atoms with Gasteiger partial charge in [0, 0.05) is 14.5 Å². The van der Waals surface area contributed by atoms with Crippen LogP contribution in [0.3, 0.4) is 0 Å². The Labute approximate surface area is 140 Å². The summed E-state index contributed by atoms with van der Waals surface area (Å²) >= 11 is 15.7. The molecular formula is C15H12BrCl2F2N. The van der Waals surface area contributed by atoms with Crippen LogP contribution in [0, 0.1) is 11.6 Å². The number of halogens is 5. The molecule has 0 heterocycles. The average molecular weight is 395 g/mol. The summed E-state index contributed by atoms with van der Waals surface area (Å²) < 4.78 is 27.6. The Morgan fingerprint density at radius 3 is 2.33 bits per heavy atom. The van der Waals surface area contributed by atoms with Crippen molar-refractivity contribution >= 4 is 39.1 Å². The van der Waals surface area contributed by atoms with E-state index in [-0.39, 0.29) is 5.02 Å². The van der Waals surface area contributed by atoms with Crippen LogP contribution >= 0.6 is 39.1 Å². The maximum atomic E-state index is 13.6. The molecule has 2 aromatic rings. The van der Waals surface area contributed by atoms with E-state index in [4.69, 9.17) is 23.2 Å². The fourth-order valence-electron chi connectivity index (χ4n) is 2.09. The van der Waals surface area contributed by atoms with Crippen LogP contribution in [-0.4, -0.2) is 6.54 Å². The Morgan fingerprint density at radius 1 is 1.05 bits per heavy atom. The summed E-state index contributed by atoms with van der Waals surface area (Å²) in [6.07, 6.45) is 0. The molecule has 2 rings (SSSR count). The second-order valence-electron chi connectivity index (χ2n) is 4.44. The smallest absolute Gasteiger partial charge is 0.160 e. The van der Waals surface area contributed by atoms with Gasteiger partial charge in [0.1, 0.15) is 0 Å². The normalized spacial score (nSPS) is 12.5. The lowest BCUT2D eigenvalue weighted by molar-refractivity contribution is 0.504. The molecule has 0 aliphatic rings. The number of hydrogen-bond acceptors (Lipinski definition) is 1. The molecular weight excluding hydrogens is 383 g/mol. The van der Waals surface area contributed by atoms with Gasteiger partial charge < -0.3 is 5.32 Å². The van der Waals surface area contributed by atoms with E-state index in [0.717, 1.165) is 22.2 Å². The fourth-order valence-corrected chi connectivity index (χ4v) is 2.95. The third-order valence-electron chi connectivity index (χ3n) is 3.03. The molecule has 0 amide bonds. The Bertz CT molecular complexity index is 664. The van der Waals surface area contributed by atoms with Crippen LogP contribution in [0.25, 0.3) is 0 Å². The summed E-state index contributed by atoms with van der Waals surface area (Å²) in [7, 11) is 0. The van der Waals surface area contributed by atoms with E-state index in [0.29, 0.717) is 17.1 Å². The lowest BCUT2D eigenvalue weighted by Gasteiger charge is -2.22. The Balaban J connectivity index is 2.58. The SMILES string of the molecule is CCNC(c1cc(Br)ccc1Cl)c1cc(F)c(F)cc1Cl. The second-order valence-corrected chi connectivity index (χ2v) is 6.17. The van der Waals surface area contributed by atoms with Crippen LogP contribution in [0.4, 0.5) is 8.78 Å². The van der Waals surface area contributed by atoms with Crippen molar-refractivity contribution in [1.29, 1.82) is 0 Å². The molecule has 0 spiro atoms. The van der Waals surface area contributed by atoms with E-state index < -0.39 is 17.7 Å². The minimum Gasteiger partial charge on any atom is -0.306 e. The zero-order valence-corrected chi connectivity index (χ0v) is 14.2. The maximum Gasteiger partial charge on any atom is 0.160 e. The highest BCUT2D eigenvalue weighted by Gasteiger charge is 2.21. The molecule has 0 aliphatic carbocycles. The minimum atomic E-state index is -0.973. The van der Waals surface area contributed by atoms with Gasteiger partial charge >= 0.3 is 0 Å². The third-order valence-corrected chi connectivity index (χ3v) is 4.19. The van der Waals surface area contributed by atoms with Gasteiger partial charge in [-0.2, -0.15) is 0 Å². The van der Waals surface area contributed by atoms with Crippen molar-refractivity contribution in [3.05, 3.63) is 67.6 Å². The topological polar surface area (TPSA) is 12.0 Å². The van der Waals surface area contributed by atoms with Crippen LogP contribution in [-0.2, 0) is 0 Å². The molecule has 6 heteroatoms. The van der Waals surface area contributed by atoms with Gasteiger partial charge in [0.25, 0.3) is 0 Å². The summed E-state index contributed by atoms with van der Waals surface area (Å²) in [5.41, 5.74) is 1.18. The first-order chi connectivity index (χ1) is 9.93. The number of rotatable bonds is 4. The predicted molar refractivity (Wildman–Crippen MR) is 86.0 cm³/mol. The van der Waals surface area contributed by atoms with Gasteiger partial charge in [-0.1, -0.05) is 46.1 Å².